The van der Waals surface area contributed by atoms with E-state index in [1.165, 1.54) is 15.6 Å². The zero-order chi connectivity index (χ0) is 16.0. The largest absolute Gasteiger partial charge is 0.477 e. The fourth-order valence-electron chi connectivity index (χ4n) is 3.04. The van der Waals surface area contributed by atoms with Crippen molar-refractivity contribution >= 4 is 38.3 Å². The van der Waals surface area contributed by atoms with E-state index in [9.17, 15) is 9.90 Å². The average molecular weight is 321 g/mol. The van der Waals surface area contributed by atoms with Gasteiger partial charge in [-0.15, -0.1) is 11.3 Å². The molecule has 0 radical (unpaired) electrons. The highest BCUT2D eigenvalue weighted by Crippen LogP contribution is 2.28. The number of aryl methyl sites for hydroxylation is 1. The van der Waals surface area contributed by atoms with Crippen molar-refractivity contribution in [3.8, 4) is 0 Å². The molecule has 0 aliphatic heterocycles. The van der Waals surface area contributed by atoms with Crippen LogP contribution in [0.1, 0.15) is 21.6 Å². The lowest BCUT2D eigenvalue weighted by Gasteiger charge is -2.09. The molecule has 0 aliphatic carbocycles. The van der Waals surface area contributed by atoms with Gasteiger partial charge in [-0.2, -0.15) is 0 Å². The maximum Gasteiger partial charge on any atom is 0.352 e. The minimum Gasteiger partial charge on any atom is -0.477 e. The monoisotopic (exact) mass is 321 g/mol. The Morgan fingerprint density at radius 1 is 1.17 bits per heavy atom. The predicted octanol–water partition coefficient (Wildman–Crippen LogP) is 4.91. The van der Waals surface area contributed by atoms with Crippen molar-refractivity contribution < 1.29 is 9.90 Å². The van der Waals surface area contributed by atoms with Crippen LogP contribution in [0, 0.1) is 6.92 Å². The molecule has 0 unspecified atom stereocenters. The quantitative estimate of drug-likeness (QED) is 0.582. The number of thiophene rings is 1. The number of aromatic carboxylic acids is 1. The van der Waals surface area contributed by atoms with Crippen molar-refractivity contribution in [3.05, 3.63) is 70.7 Å². The van der Waals surface area contributed by atoms with E-state index in [0.717, 1.165) is 16.5 Å². The zero-order valence-corrected chi connectivity index (χ0v) is 13.4. The highest BCUT2D eigenvalue weighted by atomic mass is 32.1. The first kappa shape index (κ1) is 14.0. The molecule has 4 aromatic rings. The number of nitrogens with zero attached hydrogens (tertiary/aromatic N) is 1. The Labute approximate surface area is 137 Å². The minimum absolute atomic E-state index is 0.327. The first-order valence-electron chi connectivity index (χ1n) is 7.42. The Bertz CT molecular complexity index is 1040. The molecule has 0 bridgehead atoms. The van der Waals surface area contributed by atoms with Crippen LogP contribution in [0.3, 0.4) is 0 Å². The first-order valence-corrected chi connectivity index (χ1v) is 8.30. The summed E-state index contributed by atoms with van der Waals surface area (Å²) in [5, 5.41) is 13.9. The van der Waals surface area contributed by atoms with E-state index < -0.39 is 5.97 Å². The Morgan fingerprint density at radius 2 is 2.00 bits per heavy atom. The van der Waals surface area contributed by atoms with E-state index in [-0.39, 0.29) is 0 Å². The molecule has 0 saturated heterocycles. The van der Waals surface area contributed by atoms with Gasteiger partial charge < -0.3 is 9.67 Å². The summed E-state index contributed by atoms with van der Waals surface area (Å²) in [5.41, 5.74) is 3.66. The number of carboxylic acid groups (broad SMARTS) is 1. The topological polar surface area (TPSA) is 42.2 Å². The molecule has 1 N–H and O–H groups in total. The summed E-state index contributed by atoms with van der Waals surface area (Å²) in [6.07, 6.45) is 0. The van der Waals surface area contributed by atoms with Gasteiger partial charge in [-0.1, -0.05) is 24.3 Å². The summed E-state index contributed by atoms with van der Waals surface area (Å²) < 4.78 is 3.14. The van der Waals surface area contributed by atoms with Crippen LogP contribution in [0.15, 0.2) is 53.9 Å². The number of fused-ring (bicyclic) bond motifs is 2. The van der Waals surface area contributed by atoms with Crippen LogP contribution in [0.4, 0.5) is 0 Å². The zero-order valence-electron chi connectivity index (χ0n) is 12.6. The van der Waals surface area contributed by atoms with Crippen LogP contribution in [0.5, 0.6) is 0 Å². The molecular weight excluding hydrogens is 306 g/mol. The van der Waals surface area contributed by atoms with Crippen molar-refractivity contribution in [3.63, 3.8) is 0 Å². The van der Waals surface area contributed by atoms with Gasteiger partial charge in [-0.05, 0) is 53.1 Å². The number of hydrogen-bond donors (Lipinski definition) is 1. The van der Waals surface area contributed by atoms with Gasteiger partial charge in [-0.25, -0.2) is 4.79 Å². The standard InChI is InChI=1S/C19H15NO2S/c1-12-11-23-18-7-6-13(8-15(12)18)10-20-16-5-3-2-4-14(16)9-17(20)19(21)22/h2-9,11H,10H2,1H3,(H,21,22). The van der Waals surface area contributed by atoms with Gasteiger partial charge in [0.25, 0.3) is 0 Å². The molecule has 2 aromatic heterocycles. The molecule has 23 heavy (non-hydrogen) atoms. The van der Waals surface area contributed by atoms with Gasteiger partial charge in [0.1, 0.15) is 5.69 Å². The molecule has 2 heterocycles. The van der Waals surface area contributed by atoms with E-state index >= 15 is 0 Å². The van der Waals surface area contributed by atoms with Crippen LogP contribution >= 0.6 is 11.3 Å². The molecule has 0 saturated carbocycles. The van der Waals surface area contributed by atoms with Crippen LogP contribution in [0.25, 0.3) is 21.0 Å². The van der Waals surface area contributed by atoms with Crippen molar-refractivity contribution in [2.75, 3.05) is 0 Å². The first-order chi connectivity index (χ1) is 11.1. The summed E-state index contributed by atoms with van der Waals surface area (Å²) >= 11 is 1.74. The number of para-hydroxylation sites is 1. The second kappa shape index (κ2) is 5.25. The van der Waals surface area contributed by atoms with Crippen LogP contribution in [-0.4, -0.2) is 15.6 Å². The lowest BCUT2D eigenvalue weighted by molar-refractivity contribution is 0.0686. The maximum absolute atomic E-state index is 11.6. The second-order valence-electron chi connectivity index (χ2n) is 5.73. The van der Waals surface area contributed by atoms with Crippen molar-refractivity contribution in [1.82, 2.24) is 4.57 Å². The van der Waals surface area contributed by atoms with E-state index in [2.05, 4.69) is 30.5 Å². The molecule has 3 nitrogen and oxygen atoms in total. The summed E-state index contributed by atoms with van der Waals surface area (Å²) in [6.45, 7) is 2.66. The summed E-state index contributed by atoms with van der Waals surface area (Å²) in [7, 11) is 0. The van der Waals surface area contributed by atoms with Crippen LogP contribution in [-0.2, 0) is 6.54 Å². The van der Waals surface area contributed by atoms with Crippen LogP contribution in [0.2, 0.25) is 0 Å². The Hall–Kier alpha value is -2.59. The summed E-state index contributed by atoms with van der Waals surface area (Å²) in [5.74, 6) is -0.894. The number of hydrogen-bond acceptors (Lipinski definition) is 2. The molecule has 114 valence electrons. The van der Waals surface area contributed by atoms with E-state index in [0.29, 0.717) is 12.2 Å². The summed E-state index contributed by atoms with van der Waals surface area (Å²) in [6, 6.07) is 15.9. The number of benzene rings is 2. The molecule has 0 amide bonds. The highest BCUT2D eigenvalue weighted by Gasteiger charge is 2.14. The summed E-state index contributed by atoms with van der Waals surface area (Å²) in [4.78, 5) is 11.6. The smallest absolute Gasteiger partial charge is 0.352 e. The SMILES string of the molecule is Cc1csc2ccc(Cn3c(C(=O)O)cc4ccccc43)cc12. The Morgan fingerprint density at radius 3 is 2.83 bits per heavy atom. The number of carbonyl (C=O) groups is 1. The molecule has 4 heteroatoms. The molecule has 0 spiro atoms. The molecule has 0 fully saturated rings. The fourth-order valence-corrected chi connectivity index (χ4v) is 3.97. The van der Waals surface area contributed by atoms with Crippen molar-refractivity contribution in [2.45, 2.75) is 13.5 Å². The third kappa shape index (κ3) is 2.32. The molecule has 2 aromatic carbocycles. The van der Waals surface area contributed by atoms with E-state index in [4.69, 9.17) is 0 Å². The third-order valence-corrected chi connectivity index (χ3v) is 5.28. The normalized spacial score (nSPS) is 11.3. The van der Waals surface area contributed by atoms with E-state index in [1.54, 1.807) is 17.4 Å². The van der Waals surface area contributed by atoms with Gasteiger partial charge in [0.15, 0.2) is 0 Å². The number of rotatable bonds is 3. The lowest BCUT2D eigenvalue weighted by atomic mass is 10.1. The third-order valence-electron chi connectivity index (χ3n) is 4.20. The predicted molar refractivity (Wildman–Crippen MR) is 94.6 cm³/mol. The fraction of sp³-hybridized carbons (Fsp3) is 0.105. The number of carboxylic acids is 1. The van der Waals surface area contributed by atoms with Gasteiger partial charge in [0.2, 0.25) is 0 Å². The highest BCUT2D eigenvalue weighted by molar-refractivity contribution is 7.17. The second-order valence-corrected chi connectivity index (χ2v) is 6.64. The Balaban J connectivity index is 1.86. The molecular formula is C19H15NO2S. The van der Waals surface area contributed by atoms with Crippen molar-refractivity contribution in [2.24, 2.45) is 0 Å². The van der Waals surface area contributed by atoms with E-state index in [1.807, 2.05) is 28.8 Å². The number of aromatic nitrogens is 1. The van der Waals surface area contributed by atoms with Gasteiger partial charge in [0.05, 0.1) is 0 Å². The Kier molecular flexibility index (Phi) is 3.20. The van der Waals surface area contributed by atoms with Crippen molar-refractivity contribution in [1.29, 1.82) is 0 Å². The lowest BCUT2D eigenvalue weighted by Crippen LogP contribution is -2.09. The van der Waals surface area contributed by atoms with Crippen LogP contribution < -0.4 is 0 Å². The molecule has 4 rings (SSSR count). The molecule has 0 aliphatic rings. The molecule has 0 atom stereocenters. The van der Waals surface area contributed by atoms with Gasteiger partial charge in [0, 0.05) is 22.1 Å². The maximum atomic E-state index is 11.6. The van der Waals surface area contributed by atoms with Gasteiger partial charge in [-0.3, -0.25) is 0 Å². The minimum atomic E-state index is -0.894. The van der Waals surface area contributed by atoms with Gasteiger partial charge >= 0.3 is 5.97 Å². The average Bonchev–Trinajstić information content (AvgIpc) is 3.10.